The van der Waals surface area contributed by atoms with Crippen LogP contribution in [-0.2, 0) is 0 Å². The van der Waals surface area contributed by atoms with E-state index in [9.17, 15) is 4.79 Å². The van der Waals surface area contributed by atoms with E-state index < -0.39 is 5.97 Å². The highest BCUT2D eigenvalue weighted by Gasteiger charge is 2.09. The molecule has 0 fully saturated rings. The Balaban J connectivity index is 1.48. The van der Waals surface area contributed by atoms with Crippen LogP contribution in [0.15, 0.2) is 83.3 Å². The van der Waals surface area contributed by atoms with Crippen molar-refractivity contribution in [3.8, 4) is 22.9 Å². The van der Waals surface area contributed by atoms with Gasteiger partial charge in [-0.15, -0.1) is 10.2 Å². The average molecular weight is 368 g/mol. The lowest BCUT2D eigenvalue weighted by molar-refractivity contribution is 0.0697. The summed E-state index contributed by atoms with van der Waals surface area (Å²) in [5.74, 6) is 0.0330. The Kier molecular flexibility index (Phi) is 4.80. The summed E-state index contributed by atoms with van der Waals surface area (Å²) >= 11 is 0. The Hall–Kier alpha value is -3.99. The monoisotopic (exact) mass is 368 g/mol. The molecule has 28 heavy (non-hydrogen) atoms. The molecule has 0 saturated heterocycles. The van der Waals surface area contributed by atoms with E-state index in [2.05, 4.69) is 10.2 Å². The fourth-order valence-electron chi connectivity index (χ4n) is 2.70. The summed E-state index contributed by atoms with van der Waals surface area (Å²) in [5.41, 5.74) is 3.94. The number of hydrogen-bond donors (Lipinski definition) is 1. The van der Waals surface area contributed by atoms with Gasteiger partial charge in [-0.2, -0.15) is 0 Å². The maximum atomic E-state index is 10.9. The maximum Gasteiger partial charge on any atom is 0.335 e. The van der Waals surface area contributed by atoms with Crippen LogP contribution in [0.5, 0.6) is 0 Å². The highest BCUT2D eigenvalue weighted by atomic mass is 16.4. The van der Waals surface area contributed by atoms with E-state index in [4.69, 9.17) is 9.52 Å². The molecule has 0 aliphatic rings. The maximum absolute atomic E-state index is 10.9. The number of carboxylic acids is 1. The normalized spacial score (nSPS) is 11.0. The molecule has 0 unspecified atom stereocenters. The quantitative estimate of drug-likeness (QED) is 0.486. The fourth-order valence-corrected chi connectivity index (χ4v) is 2.70. The van der Waals surface area contributed by atoms with Crippen LogP contribution in [-0.4, -0.2) is 21.3 Å². The molecular weight excluding hydrogens is 352 g/mol. The molecule has 0 atom stereocenters. The van der Waals surface area contributed by atoms with Gasteiger partial charge in [0.2, 0.25) is 11.8 Å². The molecule has 4 rings (SSSR count). The molecule has 5 nitrogen and oxygen atoms in total. The molecule has 1 N–H and O–H groups in total. The molecule has 0 amide bonds. The molecule has 5 heteroatoms. The second-order valence-electron chi connectivity index (χ2n) is 6.16. The van der Waals surface area contributed by atoms with E-state index in [1.807, 2.05) is 66.7 Å². The first kappa shape index (κ1) is 17.4. The highest BCUT2D eigenvalue weighted by Crippen LogP contribution is 2.24. The van der Waals surface area contributed by atoms with Gasteiger partial charge in [-0.05, 0) is 47.5 Å². The fraction of sp³-hybridized carbons (Fsp3) is 0. The van der Waals surface area contributed by atoms with Crippen molar-refractivity contribution in [2.24, 2.45) is 0 Å². The Morgan fingerprint density at radius 2 is 1.21 bits per heavy atom. The van der Waals surface area contributed by atoms with Crippen LogP contribution in [0.4, 0.5) is 0 Å². The van der Waals surface area contributed by atoms with Gasteiger partial charge in [-0.3, -0.25) is 0 Å². The third-order valence-electron chi connectivity index (χ3n) is 4.23. The molecule has 0 aliphatic heterocycles. The van der Waals surface area contributed by atoms with Gasteiger partial charge in [0.25, 0.3) is 0 Å². The van der Waals surface area contributed by atoms with Gasteiger partial charge < -0.3 is 9.52 Å². The van der Waals surface area contributed by atoms with Crippen molar-refractivity contribution in [2.45, 2.75) is 0 Å². The molecule has 0 aliphatic carbocycles. The third-order valence-corrected chi connectivity index (χ3v) is 4.23. The summed E-state index contributed by atoms with van der Waals surface area (Å²) in [6.07, 6.45) is 3.89. The minimum Gasteiger partial charge on any atom is -0.478 e. The number of aromatic carboxylic acids is 1. The SMILES string of the molecule is O=C(O)c1ccc(/C=C\c2ccc(-c3nnc(-c4ccccc4)o3)cc2)cc1. The van der Waals surface area contributed by atoms with Crippen molar-refractivity contribution in [2.75, 3.05) is 0 Å². The zero-order chi connectivity index (χ0) is 19.3. The molecular formula is C23H16N2O3. The first-order valence-electron chi connectivity index (χ1n) is 8.70. The van der Waals surface area contributed by atoms with Gasteiger partial charge in [-0.25, -0.2) is 4.79 Å². The number of hydrogen-bond acceptors (Lipinski definition) is 4. The van der Waals surface area contributed by atoms with Gasteiger partial charge in [-0.1, -0.05) is 54.6 Å². The Morgan fingerprint density at radius 1 is 0.714 bits per heavy atom. The van der Waals surface area contributed by atoms with Crippen molar-refractivity contribution in [3.05, 3.63) is 95.6 Å². The summed E-state index contributed by atoms with van der Waals surface area (Å²) in [7, 11) is 0. The number of carboxylic acid groups (broad SMARTS) is 1. The minimum atomic E-state index is -0.928. The lowest BCUT2D eigenvalue weighted by Crippen LogP contribution is -1.94. The van der Waals surface area contributed by atoms with Crippen molar-refractivity contribution in [3.63, 3.8) is 0 Å². The molecule has 0 spiro atoms. The molecule has 4 aromatic rings. The zero-order valence-corrected chi connectivity index (χ0v) is 14.8. The highest BCUT2D eigenvalue weighted by molar-refractivity contribution is 5.88. The van der Waals surface area contributed by atoms with Crippen molar-refractivity contribution < 1.29 is 14.3 Å². The van der Waals surface area contributed by atoms with Crippen LogP contribution in [0.1, 0.15) is 21.5 Å². The van der Waals surface area contributed by atoms with Crippen molar-refractivity contribution in [1.29, 1.82) is 0 Å². The van der Waals surface area contributed by atoms with Gasteiger partial charge in [0.15, 0.2) is 0 Å². The zero-order valence-electron chi connectivity index (χ0n) is 14.8. The topological polar surface area (TPSA) is 76.2 Å². The largest absolute Gasteiger partial charge is 0.478 e. The molecule has 0 saturated carbocycles. The van der Waals surface area contributed by atoms with Crippen molar-refractivity contribution in [1.82, 2.24) is 10.2 Å². The third kappa shape index (κ3) is 3.88. The molecule has 1 heterocycles. The second-order valence-corrected chi connectivity index (χ2v) is 6.16. The molecule has 3 aromatic carbocycles. The summed E-state index contributed by atoms with van der Waals surface area (Å²) in [4.78, 5) is 10.9. The van der Waals surface area contributed by atoms with Crippen LogP contribution in [0.2, 0.25) is 0 Å². The van der Waals surface area contributed by atoms with E-state index in [0.29, 0.717) is 11.8 Å². The number of benzene rings is 3. The molecule has 136 valence electrons. The Bertz CT molecular complexity index is 1110. The summed E-state index contributed by atoms with van der Waals surface area (Å²) < 4.78 is 5.77. The molecule has 1 aromatic heterocycles. The smallest absolute Gasteiger partial charge is 0.335 e. The average Bonchev–Trinajstić information content (AvgIpc) is 3.24. The van der Waals surface area contributed by atoms with E-state index >= 15 is 0 Å². The lowest BCUT2D eigenvalue weighted by Gasteiger charge is -1.98. The summed E-state index contributed by atoms with van der Waals surface area (Å²) in [6.45, 7) is 0. The first-order chi connectivity index (χ1) is 13.7. The van der Waals surface area contributed by atoms with Crippen LogP contribution < -0.4 is 0 Å². The Labute approximate surface area is 161 Å². The number of aromatic nitrogens is 2. The van der Waals surface area contributed by atoms with E-state index in [1.54, 1.807) is 24.3 Å². The Morgan fingerprint density at radius 3 is 1.75 bits per heavy atom. The standard InChI is InChI=1S/C23H16N2O3/c26-23(27)20-14-10-17(11-15-20)7-6-16-8-12-19(13-9-16)22-25-24-21(28-22)18-4-2-1-3-5-18/h1-15H,(H,26,27)/b7-6-. The number of nitrogens with zero attached hydrogens (tertiary/aromatic N) is 2. The number of rotatable bonds is 5. The predicted molar refractivity (Wildman–Crippen MR) is 107 cm³/mol. The van der Waals surface area contributed by atoms with Crippen molar-refractivity contribution >= 4 is 18.1 Å². The summed E-state index contributed by atoms with van der Waals surface area (Å²) in [6, 6.07) is 24.1. The minimum absolute atomic E-state index is 0.274. The number of carbonyl (C=O) groups is 1. The molecule has 0 bridgehead atoms. The van der Waals surface area contributed by atoms with Crippen LogP contribution in [0, 0.1) is 0 Å². The van der Waals surface area contributed by atoms with Gasteiger partial charge in [0.1, 0.15) is 0 Å². The van der Waals surface area contributed by atoms with Crippen LogP contribution in [0.25, 0.3) is 35.1 Å². The van der Waals surface area contributed by atoms with Crippen LogP contribution >= 0.6 is 0 Å². The summed E-state index contributed by atoms with van der Waals surface area (Å²) in [5, 5.41) is 17.2. The molecule has 0 radical (unpaired) electrons. The van der Waals surface area contributed by atoms with E-state index in [0.717, 1.165) is 22.3 Å². The van der Waals surface area contributed by atoms with Gasteiger partial charge in [0.05, 0.1) is 5.56 Å². The lowest BCUT2D eigenvalue weighted by atomic mass is 10.1. The van der Waals surface area contributed by atoms with Crippen LogP contribution in [0.3, 0.4) is 0 Å². The predicted octanol–water partition coefficient (Wildman–Crippen LogP) is 5.27. The second kappa shape index (κ2) is 7.72. The first-order valence-corrected chi connectivity index (χ1v) is 8.70. The van der Waals surface area contributed by atoms with Gasteiger partial charge in [0, 0.05) is 11.1 Å². The van der Waals surface area contributed by atoms with Gasteiger partial charge >= 0.3 is 5.97 Å². The van der Waals surface area contributed by atoms with E-state index in [1.165, 1.54) is 0 Å². The van der Waals surface area contributed by atoms with E-state index in [-0.39, 0.29) is 5.56 Å².